The Morgan fingerprint density at radius 3 is 2.38 bits per heavy atom. The molecule has 0 saturated heterocycles. The van der Waals surface area contributed by atoms with Crippen molar-refractivity contribution in [3.05, 3.63) is 83.9 Å². The van der Waals surface area contributed by atoms with E-state index in [-0.39, 0.29) is 17.4 Å². The molecule has 0 unspecified atom stereocenters. The predicted molar refractivity (Wildman–Crippen MR) is 135 cm³/mol. The van der Waals surface area contributed by atoms with Gasteiger partial charge in [-0.15, -0.1) is 0 Å². The molecule has 1 N–H and O–H groups in total. The van der Waals surface area contributed by atoms with E-state index in [9.17, 15) is 4.79 Å². The molecule has 0 spiro atoms. The first-order valence-corrected chi connectivity index (χ1v) is 12.4. The van der Waals surface area contributed by atoms with Gasteiger partial charge in [-0.2, -0.15) is 0 Å². The Morgan fingerprint density at radius 2 is 1.72 bits per heavy atom. The van der Waals surface area contributed by atoms with E-state index in [1.807, 2.05) is 0 Å². The summed E-state index contributed by atoms with van der Waals surface area (Å²) in [6, 6.07) is 21.9. The van der Waals surface area contributed by atoms with E-state index in [0.717, 1.165) is 25.7 Å². The number of allylic oxidation sites excluding steroid dienone is 3. The van der Waals surface area contributed by atoms with E-state index >= 15 is 0 Å². The molecule has 0 bridgehead atoms. The van der Waals surface area contributed by atoms with Crippen LogP contribution >= 0.6 is 0 Å². The maximum absolute atomic E-state index is 12.1. The molecule has 32 heavy (non-hydrogen) atoms. The second kappa shape index (κ2) is 9.90. The van der Waals surface area contributed by atoms with Crippen molar-refractivity contribution in [3.8, 4) is 0 Å². The SMILES string of the molecule is C=C(c1ccccc1)[C@@]12CC[C@@H](NC(C)=O)[C@@H]1CC(CCCCCC)=C2c1ccccc1. The summed E-state index contributed by atoms with van der Waals surface area (Å²) in [5, 5.41) is 3.31. The van der Waals surface area contributed by atoms with Crippen LogP contribution in [0.5, 0.6) is 0 Å². The Balaban J connectivity index is 1.81. The molecule has 1 fully saturated rings. The number of unbranched alkanes of at least 4 members (excludes halogenated alkanes) is 3. The van der Waals surface area contributed by atoms with Crippen molar-refractivity contribution in [3.63, 3.8) is 0 Å². The molecule has 2 aromatic carbocycles. The van der Waals surface area contributed by atoms with Gasteiger partial charge in [-0.1, -0.05) is 99.0 Å². The zero-order chi connectivity index (χ0) is 22.6. The molecule has 0 radical (unpaired) electrons. The summed E-state index contributed by atoms with van der Waals surface area (Å²) in [6.45, 7) is 8.65. The first-order chi connectivity index (χ1) is 15.6. The first kappa shape index (κ1) is 22.6. The number of amides is 1. The Kier molecular flexibility index (Phi) is 6.98. The van der Waals surface area contributed by atoms with Crippen molar-refractivity contribution in [2.24, 2.45) is 11.3 Å². The first-order valence-electron chi connectivity index (χ1n) is 12.4. The van der Waals surface area contributed by atoms with Crippen molar-refractivity contribution in [1.29, 1.82) is 0 Å². The Bertz CT molecular complexity index is 974. The highest BCUT2D eigenvalue weighted by molar-refractivity contribution is 5.90. The third kappa shape index (κ3) is 4.20. The zero-order valence-electron chi connectivity index (χ0n) is 19.7. The predicted octanol–water partition coefficient (Wildman–Crippen LogP) is 7.43. The maximum atomic E-state index is 12.1. The number of carbonyl (C=O) groups is 1. The average molecular weight is 428 g/mol. The van der Waals surface area contributed by atoms with Gasteiger partial charge < -0.3 is 5.32 Å². The lowest BCUT2D eigenvalue weighted by Crippen LogP contribution is -2.39. The summed E-state index contributed by atoms with van der Waals surface area (Å²) in [5.74, 6) is 0.448. The lowest BCUT2D eigenvalue weighted by molar-refractivity contribution is -0.119. The van der Waals surface area contributed by atoms with Crippen LogP contribution in [0.15, 0.2) is 72.8 Å². The lowest BCUT2D eigenvalue weighted by atomic mass is 9.66. The van der Waals surface area contributed by atoms with Crippen molar-refractivity contribution < 1.29 is 4.79 Å². The molecule has 1 amide bonds. The fraction of sp³-hybridized carbons (Fsp3) is 0.433. The van der Waals surface area contributed by atoms with Gasteiger partial charge in [-0.05, 0) is 60.3 Å². The van der Waals surface area contributed by atoms with E-state index < -0.39 is 0 Å². The minimum absolute atomic E-state index is 0.0776. The van der Waals surface area contributed by atoms with Gasteiger partial charge in [-0.3, -0.25) is 4.79 Å². The number of rotatable bonds is 9. The standard InChI is InChI=1S/C30H37NO/c1-4-5-6-9-18-26-21-27-28(31-23(3)32)19-20-30(27,22(2)24-14-10-7-11-15-24)29(26)25-16-12-8-13-17-25/h7-8,10-17,27-28H,2,4-6,9,18-21H2,1,3H3,(H,31,32)/t27-,28+,30-/m0/s1. The fourth-order valence-electron chi connectivity index (χ4n) is 6.34. The van der Waals surface area contributed by atoms with Gasteiger partial charge >= 0.3 is 0 Å². The molecular formula is C30H37NO. The van der Waals surface area contributed by atoms with Crippen LogP contribution in [0.1, 0.15) is 76.3 Å². The number of benzene rings is 2. The largest absolute Gasteiger partial charge is 0.353 e. The Morgan fingerprint density at radius 1 is 1.03 bits per heavy atom. The summed E-state index contributed by atoms with van der Waals surface area (Å²) in [4.78, 5) is 12.1. The summed E-state index contributed by atoms with van der Waals surface area (Å²) in [6.07, 6.45) is 9.35. The molecule has 2 aliphatic rings. The van der Waals surface area contributed by atoms with Crippen LogP contribution in [-0.2, 0) is 4.79 Å². The van der Waals surface area contributed by atoms with E-state index in [0.29, 0.717) is 5.92 Å². The van der Waals surface area contributed by atoms with Gasteiger partial charge in [-0.25, -0.2) is 0 Å². The molecule has 2 aliphatic carbocycles. The number of carbonyl (C=O) groups excluding carboxylic acids is 1. The van der Waals surface area contributed by atoms with E-state index in [1.54, 1.807) is 12.5 Å². The Labute approximate surface area is 193 Å². The van der Waals surface area contributed by atoms with Gasteiger partial charge in [0.1, 0.15) is 0 Å². The second-order valence-corrected chi connectivity index (χ2v) is 9.63. The highest BCUT2D eigenvalue weighted by atomic mass is 16.1. The number of hydrogen-bond acceptors (Lipinski definition) is 1. The molecule has 2 nitrogen and oxygen atoms in total. The summed E-state index contributed by atoms with van der Waals surface area (Å²) >= 11 is 0. The highest BCUT2D eigenvalue weighted by Crippen LogP contribution is 2.66. The third-order valence-electron chi connectivity index (χ3n) is 7.68. The summed E-state index contributed by atoms with van der Waals surface area (Å²) in [5.41, 5.74) is 6.75. The van der Waals surface area contributed by atoms with Crippen molar-refractivity contribution in [1.82, 2.24) is 5.32 Å². The molecular weight excluding hydrogens is 390 g/mol. The fourth-order valence-corrected chi connectivity index (χ4v) is 6.34. The van der Waals surface area contributed by atoms with Gasteiger partial charge in [0, 0.05) is 18.4 Å². The van der Waals surface area contributed by atoms with Gasteiger partial charge in [0.2, 0.25) is 5.91 Å². The highest BCUT2D eigenvalue weighted by Gasteiger charge is 2.57. The smallest absolute Gasteiger partial charge is 0.217 e. The van der Waals surface area contributed by atoms with Crippen LogP contribution in [0.2, 0.25) is 0 Å². The molecule has 0 aromatic heterocycles. The molecule has 0 heterocycles. The molecule has 2 heteroatoms. The van der Waals surface area contributed by atoms with Crippen LogP contribution in [0.3, 0.4) is 0 Å². The van der Waals surface area contributed by atoms with Crippen LogP contribution in [-0.4, -0.2) is 11.9 Å². The molecule has 3 atom stereocenters. The molecule has 0 aliphatic heterocycles. The molecule has 2 aromatic rings. The molecule has 1 saturated carbocycles. The quantitative estimate of drug-likeness (QED) is 0.414. The van der Waals surface area contributed by atoms with Crippen molar-refractivity contribution in [2.75, 3.05) is 0 Å². The van der Waals surface area contributed by atoms with E-state index in [1.165, 1.54) is 48.0 Å². The number of hydrogen-bond donors (Lipinski definition) is 1. The average Bonchev–Trinajstić information content (AvgIpc) is 3.32. The van der Waals surface area contributed by atoms with E-state index in [4.69, 9.17) is 6.58 Å². The Hall–Kier alpha value is -2.61. The van der Waals surface area contributed by atoms with Crippen LogP contribution < -0.4 is 5.32 Å². The van der Waals surface area contributed by atoms with Crippen molar-refractivity contribution >= 4 is 17.1 Å². The van der Waals surface area contributed by atoms with Crippen LogP contribution in [0, 0.1) is 11.3 Å². The second-order valence-electron chi connectivity index (χ2n) is 9.63. The van der Waals surface area contributed by atoms with E-state index in [2.05, 4.69) is 72.9 Å². The zero-order valence-corrected chi connectivity index (χ0v) is 19.7. The van der Waals surface area contributed by atoms with Crippen molar-refractivity contribution in [2.45, 2.75) is 71.3 Å². The maximum Gasteiger partial charge on any atom is 0.217 e. The minimum Gasteiger partial charge on any atom is -0.353 e. The van der Waals surface area contributed by atoms with Crippen LogP contribution in [0.4, 0.5) is 0 Å². The number of fused-ring (bicyclic) bond motifs is 1. The van der Waals surface area contributed by atoms with Crippen LogP contribution in [0.25, 0.3) is 11.1 Å². The lowest BCUT2D eigenvalue weighted by Gasteiger charge is -2.37. The van der Waals surface area contributed by atoms with Gasteiger partial charge in [0.05, 0.1) is 0 Å². The summed E-state index contributed by atoms with van der Waals surface area (Å²) < 4.78 is 0. The monoisotopic (exact) mass is 427 g/mol. The number of nitrogens with one attached hydrogen (secondary N) is 1. The van der Waals surface area contributed by atoms with Gasteiger partial charge in [0.25, 0.3) is 0 Å². The topological polar surface area (TPSA) is 29.1 Å². The minimum atomic E-state index is -0.115. The third-order valence-corrected chi connectivity index (χ3v) is 7.68. The molecule has 168 valence electrons. The summed E-state index contributed by atoms with van der Waals surface area (Å²) in [7, 11) is 0. The normalized spacial score (nSPS) is 24.4. The van der Waals surface area contributed by atoms with Gasteiger partial charge in [0.15, 0.2) is 0 Å². The molecule has 4 rings (SSSR count).